The van der Waals surface area contributed by atoms with Crippen LogP contribution in [0.3, 0.4) is 0 Å². The van der Waals surface area contributed by atoms with E-state index in [0.29, 0.717) is 13.0 Å². The van der Waals surface area contributed by atoms with Crippen molar-refractivity contribution in [3.05, 3.63) is 35.4 Å². The molecule has 0 saturated carbocycles. The summed E-state index contributed by atoms with van der Waals surface area (Å²) in [5.41, 5.74) is 7.36. The number of rotatable bonds is 14. The minimum absolute atomic E-state index is 0.226. The van der Waals surface area contributed by atoms with Crippen LogP contribution in [0.1, 0.15) is 36.8 Å². The number of halogens is 1. The Kier molecular flexibility index (Phi) is 11.7. The molecule has 1 amide bonds. The number of hydrogen-bond acceptors (Lipinski definition) is 5. The van der Waals surface area contributed by atoms with Crippen LogP contribution < -0.4 is 32.1 Å². The Morgan fingerprint density at radius 1 is 1.23 bits per heavy atom. The molecule has 26 heavy (non-hydrogen) atoms. The van der Waals surface area contributed by atoms with Gasteiger partial charge < -0.3 is 15.9 Å². The van der Waals surface area contributed by atoms with Gasteiger partial charge in [0.25, 0.3) is 0 Å². The monoisotopic (exact) mass is 496 g/mol. The van der Waals surface area contributed by atoms with Crippen molar-refractivity contribution in [3.8, 4) is 0 Å². The Balaban J connectivity index is 2.20. The quantitative estimate of drug-likeness (QED) is 0.102. The van der Waals surface area contributed by atoms with Crippen LogP contribution >= 0.6 is 6.88 Å². The first-order valence-electron chi connectivity index (χ1n) is 9.29. The second-order valence-corrected chi connectivity index (χ2v) is 8.61. The van der Waals surface area contributed by atoms with Crippen molar-refractivity contribution in [3.63, 3.8) is 0 Å². The van der Waals surface area contributed by atoms with Crippen LogP contribution in [0.5, 0.6) is 0 Å². The van der Waals surface area contributed by atoms with E-state index in [0.717, 1.165) is 37.7 Å². The zero-order valence-electron chi connectivity index (χ0n) is 16.0. The van der Waals surface area contributed by atoms with Gasteiger partial charge in [0, 0.05) is 0 Å². The fourth-order valence-corrected chi connectivity index (χ4v) is 3.15. The summed E-state index contributed by atoms with van der Waals surface area (Å²) >= 11 is -0.592. The van der Waals surface area contributed by atoms with Gasteiger partial charge in [0.2, 0.25) is 0 Å². The van der Waals surface area contributed by atoms with E-state index < -0.39 is 34.1 Å². The third-order valence-electron chi connectivity index (χ3n) is 4.21. The van der Waals surface area contributed by atoms with Crippen LogP contribution in [0.4, 0.5) is 4.79 Å². The van der Waals surface area contributed by atoms with E-state index in [4.69, 9.17) is 10.1 Å². The number of carbonyl (C=O) groups excluding carboxylic acids is 1. The van der Waals surface area contributed by atoms with Crippen LogP contribution in [-0.2, 0) is 15.8 Å². The number of aliphatic hydroxyl groups is 2. The van der Waals surface area contributed by atoms with Crippen LogP contribution in [-0.4, -0.2) is 50.1 Å². The summed E-state index contributed by atoms with van der Waals surface area (Å²) in [6.07, 6.45) is 5.15. The van der Waals surface area contributed by atoms with Gasteiger partial charge in [-0.25, -0.2) is 0 Å². The molecule has 0 radical (unpaired) electrons. The average molecular weight is 496 g/mol. The first-order valence-corrected chi connectivity index (χ1v) is 13.8. The van der Waals surface area contributed by atoms with Crippen LogP contribution in [0.15, 0.2) is 24.3 Å². The van der Waals surface area contributed by atoms with E-state index in [1.54, 1.807) is 0 Å². The molecule has 9 heteroatoms. The predicted octanol–water partition coefficient (Wildman–Crippen LogP) is -2.11. The molecule has 0 heterocycles. The first-order chi connectivity index (χ1) is 12.9. The molecular formula is C17H30BIN2O4P-. The molecule has 0 saturated heterocycles. The summed E-state index contributed by atoms with van der Waals surface area (Å²) in [7, 11) is -1.10. The van der Waals surface area contributed by atoms with Crippen molar-refractivity contribution in [1.82, 2.24) is 5.32 Å². The zero-order valence-corrected chi connectivity index (χ0v) is 18.3. The van der Waals surface area contributed by atoms with E-state index in [9.17, 15) is 15.0 Å². The van der Waals surface area contributed by atoms with Gasteiger partial charge in [0.1, 0.15) is 0 Å². The van der Waals surface area contributed by atoms with Crippen LogP contribution in [0.2, 0.25) is 0 Å². The molecule has 0 spiro atoms. The van der Waals surface area contributed by atoms with E-state index in [-0.39, 0.29) is 19.0 Å². The van der Waals surface area contributed by atoms with Gasteiger partial charge in [-0.15, -0.1) is 0 Å². The average Bonchev–Trinajstić information content (AvgIpc) is 2.69. The molecular weight excluding hydrogens is 465 g/mol. The molecule has 6 nitrogen and oxygen atoms in total. The van der Waals surface area contributed by atoms with Crippen LogP contribution in [0, 0.1) is 0 Å². The van der Waals surface area contributed by atoms with Crippen molar-refractivity contribution in [2.75, 3.05) is 19.8 Å². The number of aliphatic hydroxyl groups excluding tert-OH is 2. The fraction of sp³-hybridized carbons (Fsp3) is 0.588. The third-order valence-corrected chi connectivity index (χ3v) is 5.45. The van der Waals surface area contributed by atoms with Crippen molar-refractivity contribution in [1.29, 1.82) is 1.34 Å². The first kappa shape index (κ1) is 22.0. The molecule has 5 N–H and O–H groups in total. The number of nitrogens with one attached hydrogen (secondary N) is 1. The van der Waals surface area contributed by atoms with Crippen LogP contribution in [0.25, 0.3) is 0 Å². The number of unbranched alkanes of at least 4 members (excludes halogenated alkanes) is 2. The van der Waals surface area contributed by atoms with Gasteiger partial charge in [-0.1, -0.05) is 0 Å². The molecule has 0 aliphatic rings. The second kappa shape index (κ2) is 13.9. The van der Waals surface area contributed by atoms with Crippen molar-refractivity contribution in [2.45, 2.75) is 44.1 Å². The predicted molar refractivity (Wildman–Crippen MR) is 105 cm³/mol. The Hall–Kier alpha value is -0.245. The molecule has 0 aliphatic heterocycles. The molecule has 0 aliphatic carbocycles. The summed E-state index contributed by atoms with van der Waals surface area (Å²) in [6.45, 7) is 2.55. The Morgan fingerprint density at radius 2 is 1.85 bits per heavy atom. The molecule has 1 rings (SSSR count). The molecule has 1 aromatic rings. The number of aryl methyl sites for hydroxylation is 2. The standard InChI is InChI=1S/C17H30BIN2O4P/c20-17(12-22,13-23)10-9-15-7-5-14(6-8-15)4-2-1-3-11-21-16(24)18-25-19-26/h5-8,18,22-23H,1-4,9-13,20,26H2,(H,21,24)/q-1/i18D. The third kappa shape index (κ3) is 10.2. The van der Waals surface area contributed by atoms with Gasteiger partial charge in [0.15, 0.2) is 0 Å². The van der Waals surface area contributed by atoms with E-state index in [2.05, 4.69) is 36.5 Å². The topological polar surface area (TPSA) is 105 Å². The van der Waals surface area contributed by atoms with Gasteiger partial charge in [0.05, 0.1) is 18.8 Å². The van der Waals surface area contributed by atoms with Crippen molar-refractivity contribution >= 4 is 20.1 Å². The number of benzene rings is 1. The van der Waals surface area contributed by atoms with Gasteiger partial charge >= 0.3 is 118 Å². The Morgan fingerprint density at radius 3 is 2.42 bits per heavy atom. The van der Waals surface area contributed by atoms with Crippen molar-refractivity contribution < 1.29 is 39.1 Å². The normalized spacial score (nSPS) is 12.1. The molecule has 148 valence electrons. The molecule has 0 aromatic heterocycles. The van der Waals surface area contributed by atoms with Gasteiger partial charge in [-0.3, -0.25) is 0 Å². The number of carbonyl (C=O) groups is 1. The summed E-state index contributed by atoms with van der Waals surface area (Å²) in [6, 6.07) is 8.32. The van der Waals surface area contributed by atoms with Crippen molar-refractivity contribution in [2.24, 2.45) is 5.73 Å². The molecule has 0 fully saturated rings. The Bertz CT molecular complexity index is 552. The SMILES string of the molecule is [2H]B(O[I-]P)C(=O)NCCCCCc1ccc(CCC(N)(CO)CO)cc1. The fourth-order valence-electron chi connectivity index (χ4n) is 2.42. The molecule has 1 unspecified atom stereocenters. The van der Waals surface area contributed by atoms with E-state index in [1.807, 2.05) is 0 Å². The maximum absolute atomic E-state index is 11.5. The summed E-state index contributed by atoms with van der Waals surface area (Å²) in [5.74, 6) is -0.364. The van der Waals surface area contributed by atoms with Gasteiger partial charge in [-0.05, 0) is 18.4 Å². The molecule has 1 aromatic carbocycles. The van der Waals surface area contributed by atoms with Gasteiger partial charge in [-0.2, -0.15) is 0 Å². The van der Waals surface area contributed by atoms with E-state index >= 15 is 0 Å². The Labute approximate surface area is 170 Å². The second-order valence-electron chi connectivity index (χ2n) is 6.39. The molecule has 1 atom stereocenters. The number of hydrogen-bond donors (Lipinski definition) is 4. The summed E-state index contributed by atoms with van der Waals surface area (Å²) < 4.78 is 12.5. The minimum atomic E-state index is -1.10. The molecule has 0 bridgehead atoms. The maximum atomic E-state index is 11.5. The number of amides is 1. The summed E-state index contributed by atoms with van der Waals surface area (Å²) in [5, 5.41) is 21.2. The number of nitrogens with two attached hydrogens (primary N) is 1. The zero-order chi connectivity index (χ0) is 20.1. The van der Waals surface area contributed by atoms with E-state index in [1.165, 1.54) is 5.56 Å². The summed E-state index contributed by atoms with van der Waals surface area (Å²) in [4.78, 5) is 11.5.